The summed E-state index contributed by atoms with van der Waals surface area (Å²) >= 11 is 0. The fraction of sp³-hybridized carbons (Fsp3) is 0.606. The molecule has 0 spiro atoms. The van der Waals surface area contributed by atoms with E-state index in [1.807, 2.05) is 49.3 Å². The molecular weight excluding hydrogens is 548 g/mol. The molecule has 1 aromatic carbocycles. The highest BCUT2D eigenvalue weighted by Gasteiger charge is 2.34. The molecule has 1 saturated carbocycles. The van der Waals surface area contributed by atoms with Crippen LogP contribution in [-0.4, -0.2) is 103 Å². The van der Waals surface area contributed by atoms with Gasteiger partial charge in [0.15, 0.2) is 6.10 Å². The van der Waals surface area contributed by atoms with Crippen molar-refractivity contribution in [3.8, 4) is 24.7 Å². The topological polar surface area (TPSA) is 131 Å². The monoisotopic (exact) mass is 596 g/mol. The maximum atomic E-state index is 13.5. The summed E-state index contributed by atoms with van der Waals surface area (Å²) in [7, 11) is 5.36. The number of benzene rings is 1. The van der Waals surface area contributed by atoms with Gasteiger partial charge in [0.05, 0.1) is 12.1 Å². The Morgan fingerprint density at radius 3 is 2.21 bits per heavy atom. The predicted molar refractivity (Wildman–Crippen MR) is 166 cm³/mol. The van der Waals surface area contributed by atoms with Crippen molar-refractivity contribution in [2.45, 2.75) is 88.2 Å². The maximum absolute atomic E-state index is 13.5. The molecule has 236 valence electrons. The first-order valence-corrected chi connectivity index (χ1v) is 15.0. The molecule has 0 saturated heterocycles. The van der Waals surface area contributed by atoms with E-state index < -0.39 is 48.3 Å². The SMILES string of the molecule is C#CCC(NC(=O)C(Cc1ccccc1)OC(=O)N(C)CCN(C)C)C(=O)NC(CC1CCCCC1)C(O)C(O)CC#C. The number of nitrogens with one attached hydrogen (secondary N) is 2. The molecule has 10 nitrogen and oxygen atoms in total. The molecule has 0 heterocycles. The van der Waals surface area contributed by atoms with Crippen LogP contribution in [0.25, 0.3) is 0 Å². The van der Waals surface area contributed by atoms with Crippen molar-refractivity contribution in [1.82, 2.24) is 20.4 Å². The number of amides is 3. The number of carbonyl (C=O) groups excluding carboxylic acids is 3. The van der Waals surface area contributed by atoms with Crippen molar-refractivity contribution in [3.05, 3.63) is 35.9 Å². The van der Waals surface area contributed by atoms with Crippen molar-refractivity contribution in [1.29, 1.82) is 0 Å². The largest absolute Gasteiger partial charge is 0.436 e. The number of likely N-dealkylation sites (N-methyl/N-ethyl adjacent to an activating group) is 2. The van der Waals surface area contributed by atoms with E-state index in [4.69, 9.17) is 17.6 Å². The zero-order valence-corrected chi connectivity index (χ0v) is 25.7. The van der Waals surface area contributed by atoms with E-state index in [0.717, 1.165) is 37.7 Å². The van der Waals surface area contributed by atoms with Crippen molar-refractivity contribution in [3.63, 3.8) is 0 Å². The highest BCUT2D eigenvalue weighted by molar-refractivity contribution is 5.90. The van der Waals surface area contributed by atoms with E-state index in [0.29, 0.717) is 19.5 Å². The molecule has 2 rings (SSSR count). The summed E-state index contributed by atoms with van der Waals surface area (Å²) in [6.45, 7) is 0.999. The van der Waals surface area contributed by atoms with E-state index in [-0.39, 0.29) is 25.2 Å². The Balaban J connectivity index is 2.20. The van der Waals surface area contributed by atoms with Crippen LogP contribution in [-0.2, 0) is 20.7 Å². The first-order valence-electron chi connectivity index (χ1n) is 15.0. The minimum absolute atomic E-state index is 0.0712. The second kappa shape index (κ2) is 18.9. The predicted octanol–water partition coefficient (Wildman–Crippen LogP) is 1.94. The van der Waals surface area contributed by atoms with Crippen LogP contribution in [0.4, 0.5) is 4.79 Å². The number of aliphatic hydroxyl groups excluding tert-OH is 2. The summed E-state index contributed by atoms with van der Waals surface area (Å²) in [6.07, 6.45) is 12.0. The van der Waals surface area contributed by atoms with Crippen LogP contribution in [0.3, 0.4) is 0 Å². The molecule has 1 aromatic rings. The lowest BCUT2D eigenvalue weighted by Gasteiger charge is -2.33. The van der Waals surface area contributed by atoms with Crippen LogP contribution in [0.15, 0.2) is 30.3 Å². The Morgan fingerprint density at radius 1 is 0.953 bits per heavy atom. The molecular formula is C33H48N4O6. The summed E-state index contributed by atoms with van der Waals surface area (Å²) in [6, 6.07) is 7.15. The smallest absolute Gasteiger partial charge is 0.410 e. The highest BCUT2D eigenvalue weighted by atomic mass is 16.6. The number of terminal acetylenes is 2. The molecule has 0 aromatic heterocycles. The minimum atomic E-state index is -1.30. The number of hydrogen-bond acceptors (Lipinski definition) is 7. The number of rotatable bonds is 16. The van der Waals surface area contributed by atoms with Crippen LogP contribution in [0.1, 0.15) is 56.9 Å². The molecule has 0 radical (unpaired) electrons. The Hall–Kier alpha value is -3.57. The lowest BCUT2D eigenvalue weighted by atomic mass is 9.82. The van der Waals surface area contributed by atoms with Gasteiger partial charge in [-0.3, -0.25) is 9.59 Å². The Labute approximate surface area is 256 Å². The molecule has 0 bridgehead atoms. The van der Waals surface area contributed by atoms with Crippen LogP contribution in [0.5, 0.6) is 0 Å². The van der Waals surface area contributed by atoms with Gasteiger partial charge in [0.1, 0.15) is 12.1 Å². The molecule has 1 fully saturated rings. The van der Waals surface area contributed by atoms with Crippen LogP contribution >= 0.6 is 0 Å². The average molecular weight is 597 g/mol. The first-order chi connectivity index (χ1) is 20.5. The lowest BCUT2D eigenvalue weighted by Crippen LogP contribution is -2.56. The van der Waals surface area contributed by atoms with E-state index in [1.165, 1.54) is 4.90 Å². The van der Waals surface area contributed by atoms with Gasteiger partial charge in [-0.2, -0.15) is 0 Å². The summed E-state index contributed by atoms with van der Waals surface area (Å²) in [5.41, 5.74) is 0.766. The number of hydrogen-bond donors (Lipinski definition) is 4. The Morgan fingerprint density at radius 2 is 1.60 bits per heavy atom. The fourth-order valence-electron chi connectivity index (χ4n) is 5.12. The van der Waals surface area contributed by atoms with Crippen molar-refractivity contribution >= 4 is 17.9 Å². The van der Waals surface area contributed by atoms with E-state index >= 15 is 0 Å². The van der Waals surface area contributed by atoms with Gasteiger partial charge in [0, 0.05) is 39.4 Å². The van der Waals surface area contributed by atoms with Gasteiger partial charge in [-0.15, -0.1) is 24.7 Å². The molecule has 0 aliphatic heterocycles. The average Bonchev–Trinajstić information content (AvgIpc) is 2.99. The van der Waals surface area contributed by atoms with E-state index in [1.54, 1.807) is 7.05 Å². The molecule has 10 heteroatoms. The van der Waals surface area contributed by atoms with Gasteiger partial charge in [-0.25, -0.2) is 4.79 Å². The molecule has 4 N–H and O–H groups in total. The quantitative estimate of drug-likeness (QED) is 0.215. The molecule has 5 atom stereocenters. The van der Waals surface area contributed by atoms with Crippen LogP contribution < -0.4 is 10.6 Å². The summed E-state index contributed by atoms with van der Waals surface area (Å²) < 4.78 is 5.63. The summed E-state index contributed by atoms with van der Waals surface area (Å²) in [5.74, 6) is 3.76. The van der Waals surface area contributed by atoms with Gasteiger partial charge < -0.3 is 35.4 Å². The number of carbonyl (C=O) groups is 3. The third kappa shape index (κ3) is 12.7. The second-order valence-electron chi connectivity index (χ2n) is 11.6. The van der Waals surface area contributed by atoms with Crippen LogP contribution in [0, 0.1) is 30.6 Å². The minimum Gasteiger partial charge on any atom is -0.436 e. The maximum Gasteiger partial charge on any atom is 0.410 e. The van der Waals surface area contributed by atoms with Crippen LogP contribution in [0.2, 0.25) is 0 Å². The van der Waals surface area contributed by atoms with Crippen molar-refractivity contribution < 1.29 is 29.3 Å². The number of nitrogens with zero attached hydrogens (tertiary/aromatic N) is 2. The van der Waals surface area contributed by atoms with Gasteiger partial charge in [0.25, 0.3) is 5.91 Å². The third-order valence-corrected chi connectivity index (χ3v) is 7.72. The molecule has 43 heavy (non-hydrogen) atoms. The van der Waals surface area contributed by atoms with Crippen molar-refractivity contribution in [2.24, 2.45) is 5.92 Å². The van der Waals surface area contributed by atoms with Gasteiger partial charge >= 0.3 is 6.09 Å². The molecule has 5 unspecified atom stereocenters. The first kappa shape index (κ1) is 35.6. The lowest BCUT2D eigenvalue weighted by molar-refractivity contribution is -0.135. The summed E-state index contributed by atoms with van der Waals surface area (Å²) in [5, 5.41) is 26.8. The molecule has 3 amide bonds. The fourth-order valence-corrected chi connectivity index (χ4v) is 5.12. The highest BCUT2D eigenvalue weighted by Crippen LogP contribution is 2.28. The number of ether oxygens (including phenoxy) is 1. The van der Waals surface area contributed by atoms with E-state index in [2.05, 4.69) is 22.5 Å². The van der Waals surface area contributed by atoms with Gasteiger partial charge in [-0.05, 0) is 32.0 Å². The number of aliphatic hydroxyl groups is 2. The Bertz CT molecular complexity index is 1090. The normalized spacial score (nSPS) is 16.9. The zero-order chi connectivity index (χ0) is 31.8. The molecule has 1 aliphatic rings. The van der Waals surface area contributed by atoms with Crippen molar-refractivity contribution in [2.75, 3.05) is 34.2 Å². The van der Waals surface area contributed by atoms with E-state index in [9.17, 15) is 24.6 Å². The van der Waals surface area contributed by atoms with Gasteiger partial charge in [-0.1, -0.05) is 62.4 Å². The Kier molecular flexibility index (Phi) is 15.6. The third-order valence-electron chi connectivity index (χ3n) is 7.72. The molecule has 1 aliphatic carbocycles. The van der Waals surface area contributed by atoms with Gasteiger partial charge in [0.2, 0.25) is 5.91 Å². The zero-order valence-electron chi connectivity index (χ0n) is 25.7. The standard InChI is InChI=1S/C33H48N4O6/c1-6-14-26(31(40)35-27(30(39)28(38)15-7-2)22-24-16-10-8-11-17-24)34-32(41)29(23-25-18-12-9-13-19-25)43-33(42)37(5)21-20-36(3)4/h1-2,9,12-13,18-19,24,26-30,38-39H,8,10-11,14-17,20-23H2,3-5H3,(H,34,41)(H,35,40). The second-order valence-corrected chi connectivity index (χ2v) is 11.6. The summed E-state index contributed by atoms with van der Waals surface area (Å²) in [4.78, 5) is 43.2.